The highest BCUT2D eigenvalue weighted by Crippen LogP contribution is 2.13. The van der Waals surface area contributed by atoms with E-state index in [0.29, 0.717) is 13.1 Å². The summed E-state index contributed by atoms with van der Waals surface area (Å²) in [7, 11) is 0. The summed E-state index contributed by atoms with van der Waals surface area (Å²) in [5.41, 5.74) is 0. The number of anilines is 1. The van der Waals surface area contributed by atoms with Crippen LogP contribution in [-0.4, -0.2) is 47.2 Å². The molecule has 1 aliphatic rings. The number of carbonyl (C=O) groups excluding carboxylic acids is 1. The first-order valence-electron chi connectivity index (χ1n) is 6.43. The molecule has 2 rings (SSSR count). The van der Waals surface area contributed by atoms with Crippen molar-refractivity contribution < 1.29 is 4.79 Å². The Morgan fingerprint density at radius 2 is 2.26 bits per heavy atom. The lowest BCUT2D eigenvalue weighted by atomic mass is 10.2. The van der Waals surface area contributed by atoms with Gasteiger partial charge in [-0.1, -0.05) is 0 Å². The van der Waals surface area contributed by atoms with Gasteiger partial charge in [-0.05, 0) is 25.5 Å². The minimum atomic E-state index is -0.567. The maximum Gasteiger partial charge on any atom is 0.239 e. The zero-order valence-corrected chi connectivity index (χ0v) is 11.0. The van der Waals surface area contributed by atoms with Gasteiger partial charge in [0.05, 0.1) is 6.07 Å². The molecule has 1 saturated heterocycles. The molecular formula is C13H17N5O. The third-order valence-electron chi connectivity index (χ3n) is 3.25. The Hall–Kier alpha value is -2.16. The molecule has 0 saturated carbocycles. The fourth-order valence-corrected chi connectivity index (χ4v) is 2.16. The molecule has 1 fully saturated rings. The number of hydrogen-bond donors (Lipinski definition) is 0. The molecule has 100 valence electrons. The van der Waals surface area contributed by atoms with Gasteiger partial charge in [-0.25, -0.2) is 0 Å². The molecule has 1 aliphatic heterocycles. The van der Waals surface area contributed by atoms with E-state index in [1.54, 1.807) is 18.0 Å². The highest BCUT2D eigenvalue weighted by molar-refractivity contribution is 5.80. The Balaban J connectivity index is 1.99. The maximum atomic E-state index is 12.0. The van der Waals surface area contributed by atoms with E-state index < -0.39 is 5.92 Å². The molecule has 1 unspecified atom stereocenters. The van der Waals surface area contributed by atoms with Crippen molar-refractivity contribution in [3.8, 4) is 6.07 Å². The third kappa shape index (κ3) is 3.19. The van der Waals surface area contributed by atoms with Gasteiger partial charge in [-0.15, -0.1) is 5.10 Å². The Morgan fingerprint density at radius 3 is 2.95 bits per heavy atom. The summed E-state index contributed by atoms with van der Waals surface area (Å²) >= 11 is 0. The fourth-order valence-electron chi connectivity index (χ4n) is 2.16. The molecule has 1 aromatic heterocycles. The average Bonchev–Trinajstić information content (AvgIpc) is 2.72. The second-order valence-electron chi connectivity index (χ2n) is 4.60. The maximum absolute atomic E-state index is 12.0. The first-order valence-corrected chi connectivity index (χ1v) is 6.43. The van der Waals surface area contributed by atoms with Crippen LogP contribution in [0.1, 0.15) is 13.3 Å². The van der Waals surface area contributed by atoms with Crippen molar-refractivity contribution in [3.05, 3.63) is 18.3 Å². The fraction of sp³-hybridized carbons (Fsp3) is 0.538. The summed E-state index contributed by atoms with van der Waals surface area (Å²) < 4.78 is 0. The van der Waals surface area contributed by atoms with Gasteiger partial charge in [0, 0.05) is 32.4 Å². The summed E-state index contributed by atoms with van der Waals surface area (Å²) in [4.78, 5) is 15.9. The van der Waals surface area contributed by atoms with Crippen molar-refractivity contribution >= 4 is 11.7 Å². The molecule has 1 aromatic rings. The number of amides is 1. The molecule has 0 spiro atoms. The smallest absolute Gasteiger partial charge is 0.239 e. The van der Waals surface area contributed by atoms with Crippen LogP contribution in [0.4, 0.5) is 5.82 Å². The minimum absolute atomic E-state index is 0.0801. The van der Waals surface area contributed by atoms with Gasteiger partial charge in [0.2, 0.25) is 5.91 Å². The van der Waals surface area contributed by atoms with E-state index in [4.69, 9.17) is 5.26 Å². The van der Waals surface area contributed by atoms with E-state index in [1.165, 1.54) is 0 Å². The van der Waals surface area contributed by atoms with Gasteiger partial charge in [-0.2, -0.15) is 10.4 Å². The predicted octanol–water partition coefficient (Wildman–Crippen LogP) is 0.675. The second kappa shape index (κ2) is 6.14. The first kappa shape index (κ1) is 13.3. The first-order chi connectivity index (χ1) is 9.22. The molecule has 19 heavy (non-hydrogen) atoms. The predicted molar refractivity (Wildman–Crippen MR) is 70.2 cm³/mol. The molecule has 0 aliphatic carbocycles. The van der Waals surface area contributed by atoms with Crippen molar-refractivity contribution in [1.82, 2.24) is 15.1 Å². The zero-order valence-electron chi connectivity index (χ0n) is 11.0. The molecule has 0 aromatic carbocycles. The summed E-state index contributed by atoms with van der Waals surface area (Å²) in [5.74, 6) is 0.191. The zero-order chi connectivity index (χ0) is 13.7. The van der Waals surface area contributed by atoms with E-state index in [-0.39, 0.29) is 5.91 Å². The SMILES string of the molecule is CC(C#N)C(=O)N1CCCN(c2cccnn2)CC1. The highest BCUT2D eigenvalue weighted by Gasteiger charge is 2.23. The Kier molecular flexibility index (Phi) is 4.29. The van der Waals surface area contributed by atoms with Crippen LogP contribution >= 0.6 is 0 Å². The van der Waals surface area contributed by atoms with Gasteiger partial charge in [0.15, 0.2) is 5.82 Å². The van der Waals surface area contributed by atoms with Crippen molar-refractivity contribution in [3.63, 3.8) is 0 Å². The lowest BCUT2D eigenvalue weighted by Crippen LogP contribution is -2.38. The van der Waals surface area contributed by atoms with Gasteiger partial charge in [-0.3, -0.25) is 4.79 Å². The van der Waals surface area contributed by atoms with Crippen molar-refractivity contribution in [2.24, 2.45) is 5.92 Å². The largest absolute Gasteiger partial charge is 0.353 e. The van der Waals surface area contributed by atoms with E-state index in [2.05, 4.69) is 15.1 Å². The number of carbonyl (C=O) groups is 1. The summed E-state index contributed by atoms with van der Waals surface area (Å²) in [6, 6.07) is 5.77. The highest BCUT2D eigenvalue weighted by atomic mass is 16.2. The topological polar surface area (TPSA) is 73.1 Å². The molecule has 6 nitrogen and oxygen atoms in total. The summed E-state index contributed by atoms with van der Waals surface area (Å²) in [6.45, 7) is 4.54. The normalized spacial score (nSPS) is 17.5. The Bertz CT molecular complexity index is 470. The standard InChI is InChI=1S/C13H17N5O/c1-11(10-14)13(19)18-7-3-6-17(8-9-18)12-4-2-5-15-16-12/h2,4-5,11H,3,6-9H2,1H3. The molecule has 6 heteroatoms. The molecule has 0 N–H and O–H groups in total. The molecular weight excluding hydrogens is 242 g/mol. The number of aromatic nitrogens is 2. The third-order valence-corrected chi connectivity index (χ3v) is 3.25. The second-order valence-corrected chi connectivity index (χ2v) is 4.60. The number of rotatable bonds is 2. The van der Waals surface area contributed by atoms with Crippen molar-refractivity contribution in [2.75, 3.05) is 31.1 Å². The summed E-state index contributed by atoms with van der Waals surface area (Å²) in [5, 5.41) is 16.8. The molecule has 1 amide bonds. The van der Waals surface area contributed by atoms with Crippen LogP contribution in [0.25, 0.3) is 0 Å². The monoisotopic (exact) mass is 259 g/mol. The van der Waals surface area contributed by atoms with Gasteiger partial charge in [0.1, 0.15) is 5.92 Å². The van der Waals surface area contributed by atoms with Crippen molar-refractivity contribution in [1.29, 1.82) is 5.26 Å². The molecule has 1 atom stereocenters. The number of hydrogen-bond acceptors (Lipinski definition) is 5. The minimum Gasteiger partial charge on any atom is -0.353 e. The van der Waals surface area contributed by atoms with Crippen LogP contribution in [-0.2, 0) is 4.79 Å². The van der Waals surface area contributed by atoms with E-state index in [0.717, 1.165) is 25.3 Å². The van der Waals surface area contributed by atoms with Crippen LogP contribution in [0, 0.1) is 17.2 Å². The van der Waals surface area contributed by atoms with Crippen LogP contribution < -0.4 is 4.90 Å². The average molecular weight is 259 g/mol. The van der Waals surface area contributed by atoms with E-state index >= 15 is 0 Å². The van der Waals surface area contributed by atoms with Gasteiger partial charge >= 0.3 is 0 Å². The van der Waals surface area contributed by atoms with E-state index in [9.17, 15) is 4.79 Å². The van der Waals surface area contributed by atoms with Gasteiger partial charge in [0.25, 0.3) is 0 Å². The molecule has 0 bridgehead atoms. The van der Waals surface area contributed by atoms with Crippen LogP contribution in [0.2, 0.25) is 0 Å². The summed E-state index contributed by atoms with van der Waals surface area (Å²) in [6.07, 6.45) is 2.52. The van der Waals surface area contributed by atoms with Gasteiger partial charge < -0.3 is 9.80 Å². The molecule has 2 heterocycles. The van der Waals surface area contributed by atoms with Crippen LogP contribution in [0.15, 0.2) is 18.3 Å². The van der Waals surface area contributed by atoms with E-state index in [1.807, 2.05) is 18.2 Å². The number of nitriles is 1. The van der Waals surface area contributed by atoms with Crippen LogP contribution in [0.5, 0.6) is 0 Å². The van der Waals surface area contributed by atoms with Crippen molar-refractivity contribution in [2.45, 2.75) is 13.3 Å². The quantitative estimate of drug-likeness (QED) is 0.780. The molecule has 0 radical (unpaired) electrons. The Morgan fingerprint density at radius 1 is 1.42 bits per heavy atom. The number of nitrogens with zero attached hydrogens (tertiary/aromatic N) is 5. The lowest BCUT2D eigenvalue weighted by molar-refractivity contribution is -0.133. The van der Waals surface area contributed by atoms with Crippen LogP contribution in [0.3, 0.4) is 0 Å². The lowest BCUT2D eigenvalue weighted by Gasteiger charge is -2.23. The Labute approximate surface area is 112 Å².